The van der Waals surface area contributed by atoms with Crippen LogP contribution in [0.5, 0.6) is 5.75 Å². The summed E-state index contributed by atoms with van der Waals surface area (Å²) in [6, 6.07) is 9.74. The Balaban J connectivity index is 1.30. The number of pyridine rings is 1. The molecule has 1 aliphatic carbocycles. The van der Waals surface area contributed by atoms with Crippen molar-refractivity contribution in [3.8, 4) is 5.75 Å². The monoisotopic (exact) mass is 340 g/mol. The number of carbonyl (C=O) groups excluding carboxylic acids is 1. The summed E-state index contributed by atoms with van der Waals surface area (Å²) < 4.78 is 19.3. The highest BCUT2D eigenvalue weighted by atomic mass is 19.1. The van der Waals surface area contributed by atoms with E-state index >= 15 is 0 Å². The molecule has 2 heterocycles. The topological polar surface area (TPSA) is 42.4 Å². The largest absolute Gasteiger partial charge is 0.489 e. The van der Waals surface area contributed by atoms with E-state index < -0.39 is 0 Å². The quantitative estimate of drug-likeness (QED) is 0.856. The molecule has 130 valence electrons. The molecule has 25 heavy (non-hydrogen) atoms. The zero-order valence-corrected chi connectivity index (χ0v) is 14.0. The van der Waals surface area contributed by atoms with E-state index in [9.17, 15) is 9.18 Å². The predicted molar refractivity (Wildman–Crippen MR) is 91.9 cm³/mol. The van der Waals surface area contributed by atoms with Gasteiger partial charge in [0, 0.05) is 24.8 Å². The first-order valence-electron chi connectivity index (χ1n) is 8.75. The Morgan fingerprint density at radius 2 is 2.00 bits per heavy atom. The Morgan fingerprint density at radius 1 is 1.20 bits per heavy atom. The Hall–Kier alpha value is -2.43. The van der Waals surface area contributed by atoms with Gasteiger partial charge in [0.25, 0.3) is 5.91 Å². The number of piperidine rings is 1. The maximum Gasteiger partial charge on any atom is 0.253 e. The van der Waals surface area contributed by atoms with Crippen LogP contribution < -0.4 is 4.74 Å². The van der Waals surface area contributed by atoms with Gasteiger partial charge >= 0.3 is 0 Å². The molecule has 4 rings (SSSR count). The van der Waals surface area contributed by atoms with Crippen LogP contribution in [0.3, 0.4) is 0 Å². The Morgan fingerprint density at radius 3 is 2.68 bits per heavy atom. The van der Waals surface area contributed by atoms with Crippen molar-refractivity contribution in [2.75, 3.05) is 13.1 Å². The zero-order chi connectivity index (χ0) is 17.3. The van der Waals surface area contributed by atoms with Gasteiger partial charge in [0.05, 0.1) is 12.3 Å². The van der Waals surface area contributed by atoms with Crippen molar-refractivity contribution in [1.29, 1.82) is 0 Å². The lowest BCUT2D eigenvalue weighted by molar-refractivity contribution is -0.0509. The highest BCUT2D eigenvalue weighted by Gasteiger charge is 2.47. The molecule has 1 amide bonds. The minimum absolute atomic E-state index is 0.0724. The van der Waals surface area contributed by atoms with Gasteiger partial charge in [-0.15, -0.1) is 0 Å². The van der Waals surface area contributed by atoms with Crippen molar-refractivity contribution in [1.82, 2.24) is 9.88 Å². The number of nitrogens with zero attached hydrogens (tertiary/aromatic N) is 2. The second kappa shape index (κ2) is 6.47. The van der Waals surface area contributed by atoms with Gasteiger partial charge < -0.3 is 9.64 Å². The lowest BCUT2D eigenvalue weighted by atomic mass is 9.61. The van der Waals surface area contributed by atoms with Crippen molar-refractivity contribution < 1.29 is 13.9 Å². The highest BCUT2D eigenvalue weighted by molar-refractivity contribution is 5.94. The van der Waals surface area contributed by atoms with Gasteiger partial charge in [0.1, 0.15) is 11.6 Å². The van der Waals surface area contributed by atoms with Crippen LogP contribution in [0.2, 0.25) is 0 Å². The molecule has 0 bridgehead atoms. The molecule has 0 unspecified atom stereocenters. The van der Waals surface area contributed by atoms with Gasteiger partial charge in [-0.25, -0.2) is 4.39 Å². The van der Waals surface area contributed by atoms with E-state index in [-0.39, 0.29) is 17.8 Å². The summed E-state index contributed by atoms with van der Waals surface area (Å²) >= 11 is 0. The maximum absolute atomic E-state index is 13.3. The summed E-state index contributed by atoms with van der Waals surface area (Å²) in [7, 11) is 0. The van der Waals surface area contributed by atoms with E-state index in [2.05, 4.69) is 4.98 Å². The van der Waals surface area contributed by atoms with E-state index in [1.54, 1.807) is 24.5 Å². The second-order valence-electron chi connectivity index (χ2n) is 7.14. The number of rotatable bonds is 3. The van der Waals surface area contributed by atoms with Crippen molar-refractivity contribution in [3.05, 3.63) is 60.2 Å². The molecule has 1 aromatic heterocycles. The van der Waals surface area contributed by atoms with Gasteiger partial charge in [-0.3, -0.25) is 9.78 Å². The third-order valence-electron chi connectivity index (χ3n) is 5.44. The molecule has 0 N–H and O–H groups in total. The summed E-state index contributed by atoms with van der Waals surface area (Å²) in [6.45, 7) is 1.46. The highest BCUT2D eigenvalue weighted by Crippen LogP contribution is 2.50. The van der Waals surface area contributed by atoms with Crippen LogP contribution in [0.4, 0.5) is 4.39 Å². The van der Waals surface area contributed by atoms with Crippen LogP contribution in [0.25, 0.3) is 0 Å². The fraction of sp³-hybridized carbons (Fsp3) is 0.400. The molecule has 5 heteroatoms. The first-order chi connectivity index (χ1) is 12.1. The summed E-state index contributed by atoms with van der Waals surface area (Å²) in [6.07, 6.45) is 7.76. The van der Waals surface area contributed by atoms with E-state index in [1.165, 1.54) is 12.1 Å². The number of likely N-dealkylation sites (tertiary alicyclic amines) is 1. The van der Waals surface area contributed by atoms with Gasteiger partial charge in [-0.1, -0.05) is 6.07 Å². The van der Waals surface area contributed by atoms with E-state index in [1.807, 2.05) is 17.0 Å². The average Bonchev–Trinajstić information content (AvgIpc) is 2.61. The summed E-state index contributed by atoms with van der Waals surface area (Å²) in [5, 5.41) is 0. The van der Waals surface area contributed by atoms with Crippen molar-refractivity contribution in [2.24, 2.45) is 5.41 Å². The molecule has 4 nitrogen and oxygen atoms in total. The zero-order valence-electron chi connectivity index (χ0n) is 14.0. The normalized spacial score (nSPS) is 19.5. The first kappa shape index (κ1) is 16.1. The smallest absolute Gasteiger partial charge is 0.253 e. The van der Waals surface area contributed by atoms with Crippen LogP contribution in [0.15, 0.2) is 48.8 Å². The van der Waals surface area contributed by atoms with Crippen molar-refractivity contribution in [2.45, 2.75) is 31.8 Å². The number of aromatic nitrogens is 1. The second-order valence-corrected chi connectivity index (χ2v) is 7.14. The number of carbonyl (C=O) groups is 1. The third-order valence-corrected chi connectivity index (χ3v) is 5.44. The van der Waals surface area contributed by atoms with Crippen LogP contribution in [-0.2, 0) is 0 Å². The molecule has 2 aliphatic rings. The lowest BCUT2D eigenvalue weighted by Crippen LogP contribution is -2.52. The minimum atomic E-state index is -0.367. The van der Waals surface area contributed by atoms with Gasteiger partial charge in [0.2, 0.25) is 0 Å². The van der Waals surface area contributed by atoms with Gasteiger partial charge in [0.15, 0.2) is 0 Å². The molecule has 1 saturated carbocycles. The SMILES string of the molecule is O=C(c1cccc(F)c1)N1CCC2(CC1)CC(Oc1cccnc1)C2. The molecular formula is C20H21FN2O2. The Labute approximate surface area is 146 Å². The summed E-state index contributed by atoms with van der Waals surface area (Å²) in [5.74, 6) is 0.381. The van der Waals surface area contributed by atoms with Crippen molar-refractivity contribution >= 4 is 5.91 Å². The predicted octanol–water partition coefficient (Wildman–Crippen LogP) is 3.68. The first-order valence-corrected chi connectivity index (χ1v) is 8.75. The van der Waals surface area contributed by atoms with Crippen molar-refractivity contribution in [3.63, 3.8) is 0 Å². The number of hydrogen-bond acceptors (Lipinski definition) is 3. The molecule has 1 saturated heterocycles. The summed E-state index contributed by atoms with van der Waals surface area (Å²) in [4.78, 5) is 18.4. The lowest BCUT2D eigenvalue weighted by Gasteiger charge is -2.51. The maximum atomic E-state index is 13.3. The molecule has 2 aromatic rings. The van der Waals surface area contributed by atoms with Crippen LogP contribution in [-0.4, -0.2) is 35.0 Å². The van der Waals surface area contributed by atoms with Crippen LogP contribution in [0.1, 0.15) is 36.0 Å². The van der Waals surface area contributed by atoms with E-state index in [4.69, 9.17) is 4.74 Å². The Kier molecular flexibility index (Phi) is 4.15. The molecular weight excluding hydrogens is 319 g/mol. The number of hydrogen-bond donors (Lipinski definition) is 0. The number of benzene rings is 1. The number of ether oxygens (including phenoxy) is 1. The number of halogens is 1. The molecule has 2 fully saturated rings. The van der Waals surface area contributed by atoms with Crippen LogP contribution in [0, 0.1) is 11.2 Å². The molecule has 1 spiro atoms. The Bertz CT molecular complexity index is 749. The molecule has 0 atom stereocenters. The molecule has 0 radical (unpaired) electrons. The average molecular weight is 340 g/mol. The van der Waals surface area contributed by atoms with Gasteiger partial charge in [-0.2, -0.15) is 0 Å². The summed E-state index contributed by atoms with van der Waals surface area (Å²) in [5.41, 5.74) is 0.730. The van der Waals surface area contributed by atoms with E-state index in [0.717, 1.165) is 44.5 Å². The minimum Gasteiger partial charge on any atom is -0.489 e. The molecule has 1 aliphatic heterocycles. The van der Waals surface area contributed by atoms with E-state index in [0.29, 0.717) is 11.0 Å². The third kappa shape index (κ3) is 3.36. The number of amides is 1. The van der Waals surface area contributed by atoms with Gasteiger partial charge in [-0.05, 0) is 61.4 Å². The molecule has 1 aromatic carbocycles. The fourth-order valence-corrected chi connectivity index (χ4v) is 4.00. The van der Waals surface area contributed by atoms with Crippen LogP contribution >= 0.6 is 0 Å². The fourth-order valence-electron chi connectivity index (χ4n) is 4.00. The standard InChI is InChI=1S/C20H21FN2O2/c21-16-4-1-3-15(11-16)19(24)23-9-6-20(7-10-23)12-18(13-20)25-17-5-2-8-22-14-17/h1-5,8,11,14,18H,6-7,9-10,12-13H2.